The van der Waals surface area contributed by atoms with E-state index in [1.54, 1.807) is 5.57 Å². The largest absolute Gasteiger partial charge is 0.374 e. The van der Waals surface area contributed by atoms with Crippen molar-refractivity contribution in [1.82, 2.24) is 10.2 Å². The lowest BCUT2D eigenvalue weighted by Gasteiger charge is -2.32. The van der Waals surface area contributed by atoms with Crippen LogP contribution < -0.4 is 5.32 Å². The van der Waals surface area contributed by atoms with Gasteiger partial charge >= 0.3 is 0 Å². The molecule has 2 heterocycles. The summed E-state index contributed by atoms with van der Waals surface area (Å²) >= 11 is 0. The van der Waals surface area contributed by atoms with E-state index in [9.17, 15) is 0 Å². The average Bonchev–Trinajstić information content (AvgIpc) is 3.22. The molecule has 4 unspecified atom stereocenters. The summed E-state index contributed by atoms with van der Waals surface area (Å²) in [6.07, 6.45) is 30.2. The van der Waals surface area contributed by atoms with Gasteiger partial charge in [0, 0.05) is 28.9 Å². The second-order valence-corrected chi connectivity index (χ2v) is 8.05. The zero-order valence-electron chi connectivity index (χ0n) is 14.9. The van der Waals surface area contributed by atoms with Crippen molar-refractivity contribution < 1.29 is 0 Å². The molecule has 0 spiro atoms. The summed E-state index contributed by atoms with van der Waals surface area (Å²) in [6, 6.07) is 0.873. The summed E-state index contributed by atoms with van der Waals surface area (Å²) in [4.78, 5) is 2.65. The minimum absolute atomic E-state index is 0.396. The van der Waals surface area contributed by atoms with E-state index in [0.29, 0.717) is 23.9 Å². The van der Waals surface area contributed by atoms with E-state index < -0.39 is 0 Å². The standard InChI is InChI=1S/C24H24N2/c1-2-8-16(9-3-1)26-23-13-7-5-11-18(23)20-14-19-17-10-4-6-12-21(17)25-22(19)15-24(20)26/h1-2,5-8,10-13,15,18,20-21,23,25H,3-4,9,14H2. The number of hydrogen-bond donors (Lipinski definition) is 1. The van der Waals surface area contributed by atoms with Crippen LogP contribution in [-0.4, -0.2) is 17.0 Å². The Kier molecular flexibility index (Phi) is 3.11. The van der Waals surface area contributed by atoms with Crippen LogP contribution in [-0.2, 0) is 0 Å². The zero-order chi connectivity index (χ0) is 17.1. The first-order chi connectivity index (χ1) is 12.9. The monoisotopic (exact) mass is 340 g/mol. The van der Waals surface area contributed by atoms with Crippen molar-refractivity contribution in [2.75, 3.05) is 0 Å². The van der Waals surface area contributed by atoms with Gasteiger partial charge in [-0.3, -0.25) is 0 Å². The third-order valence-electron chi connectivity index (χ3n) is 6.71. The first-order valence-corrected chi connectivity index (χ1v) is 9.98. The summed E-state index contributed by atoms with van der Waals surface area (Å²) in [5, 5.41) is 3.76. The number of nitrogens with one attached hydrogen (secondary N) is 1. The second-order valence-electron chi connectivity index (χ2n) is 8.05. The fourth-order valence-electron chi connectivity index (χ4n) is 5.57. The van der Waals surface area contributed by atoms with E-state index in [4.69, 9.17) is 0 Å². The SMILES string of the molecule is C1=CCCC(N2C3=CC4=C(CC3C3C=CC=CC32)C2=CCC=CC2N4)=C1. The number of rotatable bonds is 1. The van der Waals surface area contributed by atoms with Crippen LogP contribution in [0.25, 0.3) is 0 Å². The first kappa shape index (κ1) is 14.7. The van der Waals surface area contributed by atoms with Gasteiger partial charge in [-0.25, -0.2) is 0 Å². The molecule has 0 radical (unpaired) electrons. The van der Waals surface area contributed by atoms with Crippen LogP contribution in [0.1, 0.15) is 25.7 Å². The maximum atomic E-state index is 3.76. The van der Waals surface area contributed by atoms with Crippen LogP contribution >= 0.6 is 0 Å². The lowest BCUT2D eigenvalue weighted by molar-refractivity contribution is 0.367. The highest BCUT2D eigenvalue weighted by Crippen LogP contribution is 2.52. The highest BCUT2D eigenvalue weighted by Gasteiger charge is 2.47. The Bertz CT molecular complexity index is 902. The van der Waals surface area contributed by atoms with Crippen molar-refractivity contribution in [2.45, 2.75) is 37.8 Å². The number of nitrogens with zero attached hydrogens (tertiary/aromatic N) is 1. The van der Waals surface area contributed by atoms with Gasteiger partial charge in [0.2, 0.25) is 0 Å². The fourth-order valence-corrected chi connectivity index (χ4v) is 5.57. The zero-order valence-corrected chi connectivity index (χ0v) is 14.9. The Balaban J connectivity index is 1.45. The summed E-state index contributed by atoms with van der Waals surface area (Å²) in [7, 11) is 0. The molecule has 0 aromatic carbocycles. The van der Waals surface area contributed by atoms with Crippen LogP contribution in [0.4, 0.5) is 0 Å². The van der Waals surface area contributed by atoms with Crippen molar-refractivity contribution in [3.63, 3.8) is 0 Å². The quantitative estimate of drug-likeness (QED) is 0.698. The van der Waals surface area contributed by atoms with Gasteiger partial charge < -0.3 is 10.2 Å². The third kappa shape index (κ3) is 1.99. The van der Waals surface area contributed by atoms with Gasteiger partial charge in [-0.05, 0) is 49.0 Å². The van der Waals surface area contributed by atoms with E-state index in [1.807, 2.05) is 0 Å². The Morgan fingerprint density at radius 1 is 1.04 bits per heavy atom. The molecule has 2 heteroatoms. The van der Waals surface area contributed by atoms with Crippen molar-refractivity contribution in [1.29, 1.82) is 0 Å². The number of hydrogen-bond acceptors (Lipinski definition) is 2. The van der Waals surface area contributed by atoms with Gasteiger partial charge in [-0.1, -0.05) is 54.7 Å². The Labute approximate surface area is 155 Å². The van der Waals surface area contributed by atoms with Crippen LogP contribution in [0.15, 0.2) is 95.1 Å². The number of likely N-dealkylation sites (tertiary alicyclic amines) is 1. The number of allylic oxidation sites excluding steroid dienone is 10. The molecule has 1 N–H and O–H groups in total. The normalized spacial score (nSPS) is 36.0. The first-order valence-electron chi connectivity index (χ1n) is 9.98. The number of fused-ring (bicyclic) bond motifs is 5. The van der Waals surface area contributed by atoms with Gasteiger partial charge in [-0.2, -0.15) is 0 Å². The van der Waals surface area contributed by atoms with E-state index in [-0.39, 0.29) is 0 Å². The van der Waals surface area contributed by atoms with Crippen LogP contribution in [0, 0.1) is 11.8 Å². The summed E-state index contributed by atoms with van der Waals surface area (Å²) in [6.45, 7) is 0. The van der Waals surface area contributed by atoms with Gasteiger partial charge in [-0.15, -0.1) is 0 Å². The molecule has 4 aliphatic carbocycles. The molecule has 26 heavy (non-hydrogen) atoms. The molecule has 0 bridgehead atoms. The molecule has 0 saturated carbocycles. The van der Waals surface area contributed by atoms with Gasteiger partial charge in [0.05, 0.1) is 12.1 Å². The topological polar surface area (TPSA) is 15.3 Å². The molecule has 0 aromatic heterocycles. The van der Waals surface area contributed by atoms with E-state index in [2.05, 4.69) is 77.1 Å². The Hall–Kier alpha value is -2.48. The molecule has 2 nitrogen and oxygen atoms in total. The van der Waals surface area contributed by atoms with Gasteiger partial charge in [0.25, 0.3) is 0 Å². The average molecular weight is 340 g/mol. The fraction of sp³-hybridized carbons (Fsp3) is 0.333. The van der Waals surface area contributed by atoms with E-state index in [1.165, 1.54) is 29.1 Å². The van der Waals surface area contributed by atoms with Crippen molar-refractivity contribution in [2.24, 2.45) is 11.8 Å². The van der Waals surface area contributed by atoms with Crippen molar-refractivity contribution in [3.8, 4) is 0 Å². The van der Waals surface area contributed by atoms with Crippen molar-refractivity contribution in [3.05, 3.63) is 95.1 Å². The maximum Gasteiger partial charge on any atom is 0.0698 e. The minimum atomic E-state index is 0.396. The van der Waals surface area contributed by atoms with Gasteiger partial charge in [0.1, 0.15) is 0 Å². The third-order valence-corrected chi connectivity index (χ3v) is 6.71. The molecule has 4 atom stereocenters. The molecular weight excluding hydrogens is 316 g/mol. The molecule has 6 rings (SSSR count). The molecular formula is C24H24N2. The van der Waals surface area contributed by atoms with E-state index >= 15 is 0 Å². The Morgan fingerprint density at radius 2 is 2.00 bits per heavy atom. The highest BCUT2D eigenvalue weighted by molar-refractivity contribution is 5.56. The maximum absolute atomic E-state index is 3.76. The lowest BCUT2D eigenvalue weighted by Crippen LogP contribution is -2.30. The predicted molar refractivity (Wildman–Crippen MR) is 106 cm³/mol. The molecule has 1 saturated heterocycles. The molecule has 6 aliphatic rings. The van der Waals surface area contributed by atoms with E-state index in [0.717, 1.165) is 19.3 Å². The summed E-state index contributed by atoms with van der Waals surface area (Å²) in [5.74, 6) is 1.19. The minimum Gasteiger partial charge on any atom is -0.374 e. The van der Waals surface area contributed by atoms with Crippen LogP contribution in [0.3, 0.4) is 0 Å². The molecule has 1 fully saturated rings. The second kappa shape index (κ2) is 5.51. The highest BCUT2D eigenvalue weighted by atomic mass is 15.2. The Morgan fingerprint density at radius 3 is 2.92 bits per heavy atom. The van der Waals surface area contributed by atoms with Crippen molar-refractivity contribution >= 4 is 0 Å². The predicted octanol–water partition coefficient (Wildman–Crippen LogP) is 4.66. The molecule has 2 aliphatic heterocycles. The smallest absolute Gasteiger partial charge is 0.0698 e. The van der Waals surface area contributed by atoms with Crippen LogP contribution in [0.2, 0.25) is 0 Å². The summed E-state index contributed by atoms with van der Waals surface area (Å²) in [5.41, 5.74) is 7.46. The van der Waals surface area contributed by atoms with Crippen LogP contribution in [0.5, 0.6) is 0 Å². The summed E-state index contributed by atoms with van der Waals surface area (Å²) < 4.78 is 0. The molecule has 130 valence electrons. The lowest BCUT2D eigenvalue weighted by atomic mass is 9.78. The molecule has 0 aromatic rings. The molecule has 0 amide bonds. The van der Waals surface area contributed by atoms with Gasteiger partial charge in [0.15, 0.2) is 0 Å².